The summed E-state index contributed by atoms with van der Waals surface area (Å²) in [5.74, 6) is 0. The molecule has 0 spiro atoms. The molecule has 1 N–H and O–H groups in total. The largest absolute Gasteiger partial charge is 0.313 e. The highest BCUT2D eigenvalue weighted by molar-refractivity contribution is 7.99. The van der Waals surface area contributed by atoms with Crippen LogP contribution in [0.3, 0.4) is 0 Å². The summed E-state index contributed by atoms with van der Waals surface area (Å²) in [6, 6.07) is 0.778. The zero-order chi connectivity index (χ0) is 9.52. The molecule has 1 rings (SSSR count). The number of allylic oxidation sites excluding steroid dienone is 1. The third kappa shape index (κ3) is 3.74. The number of nitrogens with one attached hydrogen (secondary N) is 1. The zero-order valence-corrected chi connectivity index (χ0v) is 9.41. The fourth-order valence-electron chi connectivity index (χ4n) is 1.98. The molecule has 1 aliphatic carbocycles. The summed E-state index contributed by atoms with van der Waals surface area (Å²) in [7, 11) is 0. The molecule has 1 saturated carbocycles. The molecule has 1 nitrogen and oxygen atoms in total. The van der Waals surface area contributed by atoms with E-state index in [1.807, 2.05) is 17.8 Å². The lowest BCUT2D eigenvalue weighted by molar-refractivity contribution is 0.524. The van der Waals surface area contributed by atoms with Crippen LogP contribution in [0.5, 0.6) is 0 Å². The summed E-state index contributed by atoms with van der Waals surface area (Å²) in [5, 5.41) is 4.51. The van der Waals surface area contributed by atoms with E-state index in [1.165, 1.54) is 25.7 Å². The van der Waals surface area contributed by atoms with Gasteiger partial charge in [0.25, 0.3) is 0 Å². The van der Waals surface area contributed by atoms with Crippen molar-refractivity contribution in [2.75, 3.05) is 12.8 Å². The molecule has 0 aromatic heterocycles. The highest BCUT2D eigenvalue weighted by atomic mass is 32.2. The van der Waals surface area contributed by atoms with Gasteiger partial charge in [-0.15, -0.1) is 6.58 Å². The van der Waals surface area contributed by atoms with Gasteiger partial charge in [-0.1, -0.05) is 12.5 Å². The van der Waals surface area contributed by atoms with Crippen LogP contribution in [0.4, 0.5) is 0 Å². The van der Waals surface area contributed by atoms with Crippen LogP contribution < -0.4 is 5.32 Å². The van der Waals surface area contributed by atoms with Crippen molar-refractivity contribution < 1.29 is 0 Å². The van der Waals surface area contributed by atoms with Crippen molar-refractivity contribution in [3.63, 3.8) is 0 Å². The monoisotopic (exact) mass is 199 g/mol. The minimum atomic E-state index is 0.778. The van der Waals surface area contributed by atoms with Gasteiger partial charge < -0.3 is 5.32 Å². The first kappa shape index (κ1) is 11.1. The fraction of sp³-hybridized carbons (Fsp3) is 0.818. The van der Waals surface area contributed by atoms with E-state index in [-0.39, 0.29) is 0 Å². The number of hydrogen-bond donors (Lipinski definition) is 1. The molecule has 76 valence electrons. The molecule has 1 fully saturated rings. The van der Waals surface area contributed by atoms with E-state index in [2.05, 4.69) is 18.2 Å². The maximum absolute atomic E-state index is 3.73. The Bertz CT molecular complexity index is 147. The van der Waals surface area contributed by atoms with E-state index >= 15 is 0 Å². The summed E-state index contributed by atoms with van der Waals surface area (Å²) in [6.07, 6.45) is 10.8. The Kier molecular flexibility index (Phi) is 5.56. The highest BCUT2D eigenvalue weighted by Crippen LogP contribution is 2.28. The molecule has 0 aliphatic heterocycles. The SMILES string of the molecule is C=CCCCNC1CCCC1SC. The van der Waals surface area contributed by atoms with Crippen LogP contribution in [-0.2, 0) is 0 Å². The van der Waals surface area contributed by atoms with Gasteiger partial charge in [-0.05, 0) is 38.5 Å². The predicted octanol–water partition coefficient (Wildman–Crippen LogP) is 2.83. The van der Waals surface area contributed by atoms with E-state index in [9.17, 15) is 0 Å². The van der Waals surface area contributed by atoms with Crippen molar-refractivity contribution in [1.29, 1.82) is 0 Å². The van der Waals surface area contributed by atoms with E-state index < -0.39 is 0 Å². The Hall–Kier alpha value is 0.0500. The smallest absolute Gasteiger partial charge is 0.0198 e. The van der Waals surface area contributed by atoms with Crippen LogP contribution in [0.15, 0.2) is 12.7 Å². The summed E-state index contributed by atoms with van der Waals surface area (Å²) in [6.45, 7) is 4.89. The van der Waals surface area contributed by atoms with Crippen molar-refractivity contribution in [2.45, 2.75) is 43.4 Å². The second-order valence-corrected chi connectivity index (χ2v) is 4.77. The molecule has 0 aromatic rings. The van der Waals surface area contributed by atoms with Crippen LogP contribution in [0.2, 0.25) is 0 Å². The van der Waals surface area contributed by atoms with Gasteiger partial charge >= 0.3 is 0 Å². The lowest BCUT2D eigenvalue weighted by atomic mass is 10.2. The van der Waals surface area contributed by atoms with E-state index in [4.69, 9.17) is 0 Å². The quantitative estimate of drug-likeness (QED) is 0.521. The summed E-state index contributed by atoms with van der Waals surface area (Å²) < 4.78 is 0. The van der Waals surface area contributed by atoms with E-state index in [0.29, 0.717) is 0 Å². The first-order valence-corrected chi connectivity index (χ1v) is 6.54. The highest BCUT2D eigenvalue weighted by Gasteiger charge is 2.25. The number of thioether (sulfide) groups is 1. The number of rotatable bonds is 6. The molecule has 2 heteroatoms. The predicted molar refractivity (Wildman–Crippen MR) is 62.4 cm³/mol. The normalized spacial score (nSPS) is 27.8. The average Bonchev–Trinajstić information content (AvgIpc) is 2.60. The molecule has 13 heavy (non-hydrogen) atoms. The first-order chi connectivity index (χ1) is 6.38. The third-order valence-corrected chi connectivity index (χ3v) is 3.92. The Morgan fingerprint density at radius 1 is 1.54 bits per heavy atom. The second-order valence-electron chi connectivity index (χ2n) is 3.70. The Labute approximate surface area is 86.4 Å². The van der Waals surface area contributed by atoms with Crippen LogP contribution in [0, 0.1) is 0 Å². The molecule has 0 radical (unpaired) electrons. The Morgan fingerprint density at radius 2 is 2.38 bits per heavy atom. The van der Waals surface area contributed by atoms with Gasteiger partial charge in [0.05, 0.1) is 0 Å². The molecule has 0 saturated heterocycles. The maximum Gasteiger partial charge on any atom is 0.0198 e. The van der Waals surface area contributed by atoms with Crippen molar-refractivity contribution in [3.8, 4) is 0 Å². The second kappa shape index (κ2) is 6.50. The van der Waals surface area contributed by atoms with Crippen molar-refractivity contribution in [3.05, 3.63) is 12.7 Å². The average molecular weight is 199 g/mol. The van der Waals surface area contributed by atoms with E-state index in [0.717, 1.165) is 24.3 Å². The molecular weight excluding hydrogens is 178 g/mol. The third-order valence-electron chi connectivity index (χ3n) is 2.75. The van der Waals surface area contributed by atoms with Crippen LogP contribution in [0.1, 0.15) is 32.1 Å². The molecule has 2 unspecified atom stereocenters. The Balaban J connectivity index is 2.09. The molecule has 0 bridgehead atoms. The van der Waals surface area contributed by atoms with Gasteiger partial charge in [0.2, 0.25) is 0 Å². The topological polar surface area (TPSA) is 12.0 Å². The van der Waals surface area contributed by atoms with Crippen molar-refractivity contribution in [2.24, 2.45) is 0 Å². The van der Waals surface area contributed by atoms with Crippen molar-refractivity contribution >= 4 is 11.8 Å². The lowest BCUT2D eigenvalue weighted by Crippen LogP contribution is -2.34. The summed E-state index contributed by atoms with van der Waals surface area (Å²) >= 11 is 2.02. The molecule has 0 heterocycles. The van der Waals surface area contributed by atoms with Crippen LogP contribution in [0.25, 0.3) is 0 Å². The Morgan fingerprint density at radius 3 is 3.08 bits per heavy atom. The molecule has 2 atom stereocenters. The van der Waals surface area contributed by atoms with Crippen molar-refractivity contribution in [1.82, 2.24) is 5.32 Å². The van der Waals surface area contributed by atoms with Gasteiger partial charge in [0.15, 0.2) is 0 Å². The van der Waals surface area contributed by atoms with Gasteiger partial charge in [0, 0.05) is 11.3 Å². The summed E-state index contributed by atoms with van der Waals surface area (Å²) in [5.41, 5.74) is 0. The summed E-state index contributed by atoms with van der Waals surface area (Å²) in [4.78, 5) is 0. The van der Waals surface area contributed by atoms with Gasteiger partial charge in [-0.25, -0.2) is 0 Å². The number of hydrogen-bond acceptors (Lipinski definition) is 2. The molecule has 1 aliphatic rings. The first-order valence-electron chi connectivity index (χ1n) is 5.25. The molecule has 0 aromatic carbocycles. The molecule has 0 amide bonds. The lowest BCUT2D eigenvalue weighted by Gasteiger charge is -2.18. The standard InChI is InChI=1S/C11H21NS/c1-3-4-5-9-12-10-7-6-8-11(10)13-2/h3,10-12H,1,4-9H2,2H3. The van der Waals surface area contributed by atoms with Gasteiger partial charge in [-0.3, -0.25) is 0 Å². The fourth-order valence-corrected chi connectivity index (χ4v) is 2.94. The number of unbranched alkanes of at least 4 members (excludes halogenated alkanes) is 1. The van der Waals surface area contributed by atoms with Crippen LogP contribution >= 0.6 is 11.8 Å². The van der Waals surface area contributed by atoms with Gasteiger partial charge in [-0.2, -0.15) is 11.8 Å². The maximum atomic E-state index is 3.73. The van der Waals surface area contributed by atoms with Crippen LogP contribution in [-0.4, -0.2) is 24.1 Å². The van der Waals surface area contributed by atoms with Gasteiger partial charge in [0.1, 0.15) is 0 Å². The minimum Gasteiger partial charge on any atom is -0.313 e. The van der Waals surface area contributed by atoms with E-state index in [1.54, 1.807) is 0 Å². The molecular formula is C11H21NS. The minimum absolute atomic E-state index is 0.778. The zero-order valence-electron chi connectivity index (χ0n) is 8.59.